The molecule has 132 valence electrons. The third-order valence-corrected chi connectivity index (χ3v) is 3.68. The summed E-state index contributed by atoms with van der Waals surface area (Å²) in [6, 6.07) is 6.35. The smallest absolute Gasteiger partial charge is 0.335 e. The van der Waals surface area contributed by atoms with Gasteiger partial charge in [0.15, 0.2) is 0 Å². The van der Waals surface area contributed by atoms with E-state index in [0.29, 0.717) is 38.8 Å². The molecule has 0 aliphatic rings. The third-order valence-electron chi connectivity index (χ3n) is 3.68. The van der Waals surface area contributed by atoms with Crippen molar-refractivity contribution in [2.24, 2.45) is 5.41 Å². The van der Waals surface area contributed by atoms with Crippen molar-refractivity contribution >= 4 is 5.97 Å². The number of carboxylic acid groups (broad SMARTS) is 1. The van der Waals surface area contributed by atoms with Crippen molar-refractivity contribution in [1.29, 1.82) is 0 Å². The molecular formula is C19H26O5. The lowest BCUT2D eigenvalue weighted by Gasteiger charge is -2.32. The lowest BCUT2D eigenvalue weighted by Crippen LogP contribution is -2.38. The van der Waals surface area contributed by atoms with E-state index in [1.165, 1.54) is 12.1 Å². The van der Waals surface area contributed by atoms with Crippen LogP contribution in [0.2, 0.25) is 0 Å². The molecule has 5 heteroatoms. The Hall–Kier alpha value is -2.11. The summed E-state index contributed by atoms with van der Waals surface area (Å²) in [5.41, 5.74) is -0.0648. The van der Waals surface area contributed by atoms with Gasteiger partial charge >= 0.3 is 5.97 Å². The maximum absolute atomic E-state index is 10.9. The van der Waals surface area contributed by atoms with E-state index >= 15 is 0 Å². The monoisotopic (exact) mass is 334 g/mol. The molecule has 0 atom stereocenters. The van der Waals surface area contributed by atoms with Crippen LogP contribution in [0, 0.1) is 5.41 Å². The van der Waals surface area contributed by atoms with Crippen LogP contribution >= 0.6 is 0 Å². The summed E-state index contributed by atoms with van der Waals surface area (Å²) in [6.07, 6.45) is 4.22. The normalized spacial score (nSPS) is 11.0. The van der Waals surface area contributed by atoms with Crippen molar-refractivity contribution < 1.29 is 24.1 Å². The van der Waals surface area contributed by atoms with Gasteiger partial charge in [0, 0.05) is 0 Å². The maximum atomic E-state index is 10.9. The van der Waals surface area contributed by atoms with Gasteiger partial charge in [0.2, 0.25) is 0 Å². The molecule has 0 amide bonds. The van der Waals surface area contributed by atoms with Gasteiger partial charge in [-0.3, -0.25) is 0 Å². The van der Waals surface area contributed by atoms with Gasteiger partial charge in [0.05, 0.1) is 44.0 Å². The molecule has 0 fully saturated rings. The van der Waals surface area contributed by atoms with E-state index in [1.807, 2.05) is 0 Å². The van der Waals surface area contributed by atoms with Crippen LogP contribution in [-0.2, 0) is 9.47 Å². The van der Waals surface area contributed by atoms with Crippen molar-refractivity contribution in [3.63, 3.8) is 0 Å². The van der Waals surface area contributed by atoms with E-state index in [9.17, 15) is 4.79 Å². The zero-order valence-electron chi connectivity index (χ0n) is 14.2. The summed E-state index contributed by atoms with van der Waals surface area (Å²) in [7, 11) is 0. The van der Waals surface area contributed by atoms with E-state index in [1.54, 1.807) is 24.3 Å². The summed E-state index contributed by atoms with van der Waals surface area (Å²) < 4.78 is 17.1. The molecule has 1 aromatic carbocycles. The predicted molar refractivity (Wildman–Crippen MR) is 93.7 cm³/mol. The summed E-state index contributed by atoms with van der Waals surface area (Å²) in [6.45, 7) is 11.7. The topological polar surface area (TPSA) is 65.0 Å². The molecule has 1 aromatic rings. The number of benzene rings is 1. The third kappa shape index (κ3) is 6.56. The van der Waals surface area contributed by atoms with Gasteiger partial charge in [0.1, 0.15) is 5.75 Å². The summed E-state index contributed by atoms with van der Waals surface area (Å²) in [5.74, 6) is -0.342. The predicted octanol–water partition coefficient (Wildman–Crippen LogP) is 3.57. The molecule has 0 saturated heterocycles. The van der Waals surface area contributed by atoms with Crippen molar-refractivity contribution in [3.05, 3.63) is 55.1 Å². The largest absolute Gasteiger partial charge is 0.493 e. The van der Waals surface area contributed by atoms with Gasteiger partial charge in [-0.1, -0.05) is 19.1 Å². The Balaban J connectivity index is 2.71. The van der Waals surface area contributed by atoms with Crippen molar-refractivity contribution in [1.82, 2.24) is 0 Å². The van der Waals surface area contributed by atoms with E-state index < -0.39 is 5.97 Å². The number of carbonyl (C=O) groups is 1. The minimum absolute atomic E-state index is 0.229. The quantitative estimate of drug-likeness (QED) is 0.441. The number of hydrogen-bond donors (Lipinski definition) is 1. The molecule has 0 bridgehead atoms. The van der Waals surface area contributed by atoms with Crippen LogP contribution < -0.4 is 4.74 Å². The Bertz CT molecular complexity index is 507. The van der Waals surface area contributed by atoms with Crippen LogP contribution in [-0.4, -0.2) is 44.1 Å². The van der Waals surface area contributed by atoms with Crippen molar-refractivity contribution in [2.45, 2.75) is 13.3 Å². The van der Waals surface area contributed by atoms with Gasteiger partial charge < -0.3 is 19.3 Å². The fourth-order valence-corrected chi connectivity index (χ4v) is 2.08. The first-order valence-corrected chi connectivity index (χ1v) is 7.90. The minimum Gasteiger partial charge on any atom is -0.493 e. The zero-order valence-corrected chi connectivity index (χ0v) is 14.2. The molecule has 0 radical (unpaired) electrons. The van der Waals surface area contributed by atoms with E-state index in [-0.39, 0.29) is 11.0 Å². The fraction of sp³-hybridized carbons (Fsp3) is 0.421. The number of hydrogen-bond acceptors (Lipinski definition) is 4. The Morgan fingerprint density at radius 3 is 2.04 bits per heavy atom. The maximum Gasteiger partial charge on any atom is 0.335 e. The average molecular weight is 334 g/mol. The lowest BCUT2D eigenvalue weighted by molar-refractivity contribution is -0.0366. The van der Waals surface area contributed by atoms with Gasteiger partial charge in [-0.15, -0.1) is 13.2 Å². The van der Waals surface area contributed by atoms with Crippen molar-refractivity contribution in [3.8, 4) is 5.75 Å². The zero-order chi connectivity index (χ0) is 17.8. The second-order valence-corrected chi connectivity index (χ2v) is 5.58. The SMILES string of the molecule is C=CCOCC(CC)(COCC=C)COc1ccc(C(=O)O)cc1. The number of aromatic carboxylic acids is 1. The molecule has 5 nitrogen and oxygen atoms in total. The highest BCUT2D eigenvalue weighted by molar-refractivity contribution is 5.87. The molecule has 1 rings (SSSR count). The Morgan fingerprint density at radius 1 is 1.08 bits per heavy atom. The second-order valence-electron chi connectivity index (χ2n) is 5.58. The van der Waals surface area contributed by atoms with E-state index in [2.05, 4.69) is 20.1 Å². The van der Waals surface area contributed by atoms with Gasteiger partial charge in [-0.2, -0.15) is 0 Å². The highest BCUT2D eigenvalue weighted by Gasteiger charge is 2.30. The molecular weight excluding hydrogens is 308 g/mol. The molecule has 24 heavy (non-hydrogen) atoms. The molecule has 1 N–H and O–H groups in total. The summed E-state index contributed by atoms with van der Waals surface area (Å²) in [4.78, 5) is 10.9. The number of ether oxygens (including phenoxy) is 3. The molecule has 0 unspecified atom stereocenters. The second kappa shape index (κ2) is 10.6. The Morgan fingerprint density at radius 2 is 1.62 bits per heavy atom. The van der Waals surface area contributed by atoms with Crippen LogP contribution in [0.1, 0.15) is 23.7 Å². The first-order valence-electron chi connectivity index (χ1n) is 7.90. The first kappa shape index (κ1) is 19.9. The highest BCUT2D eigenvalue weighted by atomic mass is 16.5. The average Bonchev–Trinajstić information content (AvgIpc) is 2.60. The Labute approximate surface area is 143 Å². The van der Waals surface area contributed by atoms with Crippen molar-refractivity contribution in [2.75, 3.05) is 33.0 Å². The van der Waals surface area contributed by atoms with E-state index in [0.717, 1.165) is 6.42 Å². The lowest BCUT2D eigenvalue weighted by atomic mass is 9.88. The molecule has 0 aromatic heterocycles. The molecule has 0 saturated carbocycles. The van der Waals surface area contributed by atoms with Crippen LogP contribution in [0.15, 0.2) is 49.6 Å². The van der Waals surface area contributed by atoms with Crippen LogP contribution in [0.5, 0.6) is 5.75 Å². The molecule has 0 aliphatic carbocycles. The molecule has 0 heterocycles. The standard InChI is InChI=1S/C19H26O5/c1-4-11-22-13-19(6-3,14-23-12-5-2)15-24-17-9-7-16(8-10-17)18(20)21/h4-5,7-10H,1-2,6,11-15H2,3H3,(H,20,21). The summed E-state index contributed by atoms with van der Waals surface area (Å²) >= 11 is 0. The van der Waals surface area contributed by atoms with Crippen LogP contribution in [0.3, 0.4) is 0 Å². The van der Waals surface area contributed by atoms with Gasteiger partial charge in [-0.25, -0.2) is 4.79 Å². The molecule has 0 aliphatic heterocycles. The fourth-order valence-electron chi connectivity index (χ4n) is 2.08. The Kier molecular flexibility index (Phi) is 8.83. The van der Waals surface area contributed by atoms with Crippen LogP contribution in [0.4, 0.5) is 0 Å². The molecule has 0 spiro atoms. The number of rotatable bonds is 13. The summed E-state index contributed by atoms with van der Waals surface area (Å²) in [5, 5.41) is 8.92. The van der Waals surface area contributed by atoms with Crippen LogP contribution in [0.25, 0.3) is 0 Å². The minimum atomic E-state index is -0.958. The van der Waals surface area contributed by atoms with Gasteiger partial charge in [0.25, 0.3) is 0 Å². The van der Waals surface area contributed by atoms with Gasteiger partial charge in [-0.05, 0) is 30.7 Å². The number of carboxylic acids is 1. The van der Waals surface area contributed by atoms with E-state index in [4.69, 9.17) is 19.3 Å². The first-order chi connectivity index (χ1) is 11.6. The highest BCUT2D eigenvalue weighted by Crippen LogP contribution is 2.25.